The van der Waals surface area contributed by atoms with Crippen LogP contribution in [0.2, 0.25) is 0 Å². The molecule has 2 rings (SSSR count). The molecule has 2 aromatic rings. The van der Waals surface area contributed by atoms with Crippen LogP contribution in [-0.2, 0) is 6.42 Å². The summed E-state index contributed by atoms with van der Waals surface area (Å²) in [4.78, 5) is 4.39. The fourth-order valence-corrected chi connectivity index (χ4v) is 2.42. The lowest BCUT2D eigenvalue weighted by atomic mass is 10.1. The fourth-order valence-electron chi connectivity index (χ4n) is 2.42. The molecular weight excluding hydrogens is 457 g/mol. The molecule has 0 spiro atoms. The number of hydrogen-bond donors (Lipinski definition) is 2. The number of nitrogens with one attached hydrogen (secondary N) is 1. The number of guanidine groups is 1. The third-order valence-electron chi connectivity index (χ3n) is 3.67. The fraction of sp³-hybridized carbons (Fsp3) is 0.350. The standard InChI is InChI=1S/C20H27N3O3.HI/c1-4-25-17-10-11-19(26-5-2)18(14-17)23-20(21)22-13-12-15-6-8-16(24-3)9-7-15;/h6-11,14H,4-5,12-13H2,1-3H3,(H3,21,22,23);1H. The van der Waals surface area contributed by atoms with Crippen LogP contribution in [0, 0.1) is 0 Å². The normalized spacial score (nSPS) is 10.7. The summed E-state index contributed by atoms with van der Waals surface area (Å²) < 4.78 is 16.3. The van der Waals surface area contributed by atoms with Crippen molar-refractivity contribution in [2.45, 2.75) is 20.3 Å². The Morgan fingerprint density at radius 3 is 2.30 bits per heavy atom. The summed E-state index contributed by atoms with van der Waals surface area (Å²) in [5, 5.41) is 3.10. The molecule has 2 aromatic carbocycles. The van der Waals surface area contributed by atoms with E-state index >= 15 is 0 Å². The van der Waals surface area contributed by atoms with Crippen LogP contribution in [0.1, 0.15) is 19.4 Å². The van der Waals surface area contributed by atoms with Crippen LogP contribution < -0.4 is 25.3 Å². The first kappa shape index (κ1) is 22.9. The second kappa shape index (κ2) is 12.3. The highest BCUT2D eigenvalue weighted by Crippen LogP contribution is 2.29. The van der Waals surface area contributed by atoms with E-state index in [1.54, 1.807) is 7.11 Å². The Kier molecular flexibility index (Phi) is 10.4. The van der Waals surface area contributed by atoms with Crippen LogP contribution >= 0.6 is 24.0 Å². The number of rotatable bonds is 9. The molecule has 0 aliphatic heterocycles. The van der Waals surface area contributed by atoms with Gasteiger partial charge in [0.25, 0.3) is 0 Å². The number of methoxy groups -OCH3 is 1. The largest absolute Gasteiger partial charge is 0.497 e. The van der Waals surface area contributed by atoms with Gasteiger partial charge in [-0.1, -0.05) is 12.1 Å². The molecule has 0 saturated carbocycles. The van der Waals surface area contributed by atoms with E-state index in [0.717, 1.165) is 23.6 Å². The monoisotopic (exact) mass is 485 g/mol. The average molecular weight is 485 g/mol. The molecule has 0 saturated heterocycles. The summed E-state index contributed by atoms with van der Waals surface area (Å²) in [6.07, 6.45) is 0.795. The van der Waals surface area contributed by atoms with E-state index in [4.69, 9.17) is 19.9 Å². The maximum atomic E-state index is 6.03. The third kappa shape index (κ3) is 7.54. The number of hydrogen-bond acceptors (Lipinski definition) is 4. The van der Waals surface area contributed by atoms with Crippen LogP contribution in [-0.4, -0.2) is 32.8 Å². The highest BCUT2D eigenvalue weighted by Gasteiger charge is 2.07. The topological polar surface area (TPSA) is 78.1 Å². The van der Waals surface area contributed by atoms with E-state index in [1.807, 2.05) is 56.3 Å². The average Bonchev–Trinajstić information content (AvgIpc) is 2.65. The molecular formula is C20H28IN3O3. The predicted octanol–water partition coefficient (Wildman–Crippen LogP) is 4.08. The van der Waals surface area contributed by atoms with Gasteiger partial charge in [-0.25, -0.2) is 0 Å². The van der Waals surface area contributed by atoms with Crippen molar-refractivity contribution in [1.82, 2.24) is 0 Å². The highest BCUT2D eigenvalue weighted by molar-refractivity contribution is 14.0. The first-order valence-electron chi connectivity index (χ1n) is 8.75. The van der Waals surface area contributed by atoms with E-state index in [9.17, 15) is 0 Å². The molecule has 3 N–H and O–H groups in total. The first-order chi connectivity index (χ1) is 12.7. The van der Waals surface area contributed by atoms with Crippen molar-refractivity contribution in [1.29, 1.82) is 0 Å². The van der Waals surface area contributed by atoms with Gasteiger partial charge in [0.15, 0.2) is 5.96 Å². The molecule has 0 radical (unpaired) electrons. The molecule has 0 aliphatic carbocycles. The van der Waals surface area contributed by atoms with Crippen molar-refractivity contribution in [3.05, 3.63) is 48.0 Å². The SMILES string of the molecule is CCOc1ccc(OCC)c(NC(N)=NCCc2ccc(OC)cc2)c1.I. The Morgan fingerprint density at radius 1 is 1.00 bits per heavy atom. The molecule has 0 amide bonds. The molecule has 6 nitrogen and oxygen atoms in total. The minimum Gasteiger partial charge on any atom is -0.497 e. The van der Waals surface area contributed by atoms with Gasteiger partial charge in [0.1, 0.15) is 17.2 Å². The molecule has 148 valence electrons. The lowest BCUT2D eigenvalue weighted by molar-refractivity contribution is 0.332. The zero-order valence-electron chi connectivity index (χ0n) is 16.0. The van der Waals surface area contributed by atoms with Gasteiger partial charge in [0, 0.05) is 12.6 Å². The summed E-state index contributed by atoms with van der Waals surface area (Å²) in [5.74, 6) is 2.65. The van der Waals surface area contributed by atoms with Crippen molar-refractivity contribution in [3.8, 4) is 17.2 Å². The van der Waals surface area contributed by atoms with Gasteiger partial charge in [-0.2, -0.15) is 0 Å². The van der Waals surface area contributed by atoms with E-state index in [1.165, 1.54) is 5.56 Å². The van der Waals surface area contributed by atoms with Gasteiger partial charge in [-0.3, -0.25) is 4.99 Å². The van der Waals surface area contributed by atoms with Crippen LogP contribution in [0.5, 0.6) is 17.2 Å². The minimum atomic E-state index is 0. The number of aliphatic imine (C=N–C) groups is 1. The van der Waals surface area contributed by atoms with Gasteiger partial charge in [0.05, 0.1) is 26.0 Å². The number of nitrogens with zero attached hydrogens (tertiary/aromatic N) is 1. The Bertz CT molecular complexity index is 721. The van der Waals surface area contributed by atoms with Crippen molar-refractivity contribution in [2.24, 2.45) is 10.7 Å². The number of anilines is 1. The third-order valence-corrected chi connectivity index (χ3v) is 3.67. The quantitative estimate of drug-likeness (QED) is 0.318. The number of ether oxygens (including phenoxy) is 3. The summed E-state index contributed by atoms with van der Waals surface area (Å²) in [7, 11) is 1.66. The maximum absolute atomic E-state index is 6.03. The highest BCUT2D eigenvalue weighted by atomic mass is 127. The van der Waals surface area contributed by atoms with Gasteiger partial charge >= 0.3 is 0 Å². The van der Waals surface area contributed by atoms with E-state index in [0.29, 0.717) is 31.5 Å². The van der Waals surface area contributed by atoms with Crippen LogP contribution in [0.3, 0.4) is 0 Å². The van der Waals surface area contributed by atoms with E-state index in [2.05, 4.69) is 10.3 Å². The molecule has 7 heteroatoms. The zero-order chi connectivity index (χ0) is 18.8. The van der Waals surface area contributed by atoms with Crippen molar-refractivity contribution in [2.75, 3.05) is 32.2 Å². The minimum absolute atomic E-state index is 0. The van der Waals surface area contributed by atoms with Crippen molar-refractivity contribution < 1.29 is 14.2 Å². The Morgan fingerprint density at radius 2 is 1.67 bits per heavy atom. The van der Waals surface area contributed by atoms with Crippen molar-refractivity contribution >= 4 is 35.6 Å². The van der Waals surface area contributed by atoms with Crippen molar-refractivity contribution in [3.63, 3.8) is 0 Å². The zero-order valence-corrected chi connectivity index (χ0v) is 18.4. The molecule has 0 atom stereocenters. The number of nitrogens with two attached hydrogens (primary N) is 1. The number of halogens is 1. The first-order valence-corrected chi connectivity index (χ1v) is 8.75. The van der Waals surface area contributed by atoms with Gasteiger partial charge in [-0.15, -0.1) is 24.0 Å². The smallest absolute Gasteiger partial charge is 0.193 e. The Balaban J connectivity index is 0.00000364. The van der Waals surface area contributed by atoms with Gasteiger partial charge < -0.3 is 25.3 Å². The summed E-state index contributed by atoms with van der Waals surface area (Å²) in [6.45, 7) is 5.63. The Hall–Kier alpha value is -2.16. The molecule has 0 aromatic heterocycles. The van der Waals surface area contributed by atoms with E-state index in [-0.39, 0.29) is 24.0 Å². The maximum Gasteiger partial charge on any atom is 0.193 e. The molecule has 0 fully saturated rings. The van der Waals surface area contributed by atoms with E-state index < -0.39 is 0 Å². The van der Waals surface area contributed by atoms with Gasteiger partial charge in [-0.05, 0) is 50.1 Å². The predicted molar refractivity (Wildman–Crippen MR) is 121 cm³/mol. The summed E-state index contributed by atoms with van der Waals surface area (Å²) in [5.41, 5.74) is 7.94. The molecule has 0 heterocycles. The van der Waals surface area contributed by atoms with Crippen LogP contribution in [0.25, 0.3) is 0 Å². The molecule has 0 aliphatic rings. The molecule has 0 bridgehead atoms. The van der Waals surface area contributed by atoms with Gasteiger partial charge in [0.2, 0.25) is 0 Å². The summed E-state index contributed by atoms with van der Waals surface area (Å²) >= 11 is 0. The Labute approximate surface area is 178 Å². The lowest BCUT2D eigenvalue weighted by Gasteiger charge is -2.14. The van der Waals surface area contributed by atoms with Crippen LogP contribution in [0.15, 0.2) is 47.5 Å². The molecule has 0 unspecified atom stereocenters. The summed E-state index contributed by atoms with van der Waals surface area (Å²) in [6, 6.07) is 13.5. The number of benzene rings is 2. The van der Waals surface area contributed by atoms with Crippen LogP contribution in [0.4, 0.5) is 5.69 Å². The lowest BCUT2D eigenvalue weighted by Crippen LogP contribution is -2.23. The molecule has 27 heavy (non-hydrogen) atoms. The second-order valence-electron chi connectivity index (χ2n) is 5.51. The second-order valence-corrected chi connectivity index (χ2v) is 5.51.